The summed E-state index contributed by atoms with van der Waals surface area (Å²) in [6.07, 6.45) is 3.39. The molecule has 16 heteroatoms. The summed E-state index contributed by atoms with van der Waals surface area (Å²) in [5.41, 5.74) is 5.17. The molecule has 2 aliphatic rings. The number of hydrogen-bond acceptors (Lipinski definition) is 9. The van der Waals surface area contributed by atoms with Crippen LogP contribution in [0.2, 0.25) is 10.0 Å². The van der Waals surface area contributed by atoms with Gasteiger partial charge in [0.15, 0.2) is 0 Å². The molecule has 0 saturated carbocycles. The first-order chi connectivity index (χ1) is 33.5. The minimum atomic E-state index is -0.629. The average Bonchev–Trinajstić information content (AvgIpc) is 3.97. The fraction of sp³-hybridized carbons (Fsp3) is 0.407. The molecule has 0 radical (unpaired) electrons. The highest BCUT2D eigenvalue weighted by atomic mass is 35.5. The monoisotopic (exact) mass is 994 g/mol. The number of nitrogens with zero attached hydrogens (tertiary/aromatic N) is 5. The summed E-state index contributed by atoms with van der Waals surface area (Å²) in [5.74, 6) is -0.301. The Bertz CT molecular complexity index is 2770. The Morgan fingerprint density at radius 1 is 0.643 bits per heavy atom. The number of fused-ring (bicyclic) bond motifs is 2. The van der Waals surface area contributed by atoms with Crippen molar-refractivity contribution in [3.05, 3.63) is 129 Å². The topological polar surface area (TPSA) is 147 Å². The molecule has 374 valence electrons. The molecule has 3 N–H and O–H groups in total. The van der Waals surface area contributed by atoms with Crippen molar-refractivity contribution in [2.75, 3.05) is 67.6 Å². The van der Waals surface area contributed by atoms with Crippen molar-refractivity contribution in [3.63, 3.8) is 0 Å². The van der Waals surface area contributed by atoms with Crippen LogP contribution in [0.3, 0.4) is 0 Å². The van der Waals surface area contributed by atoms with Crippen molar-refractivity contribution >= 4 is 68.5 Å². The van der Waals surface area contributed by atoms with Gasteiger partial charge in [0.25, 0.3) is 23.5 Å². The lowest BCUT2D eigenvalue weighted by atomic mass is 10.0. The average molecular weight is 996 g/mol. The number of likely N-dealkylation sites (N-methyl/N-ethyl adjacent to an activating group) is 1. The third kappa shape index (κ3) is 12.7. The van der Waals surface area contributed by atoms with E-state index in [1.54, 1.807) is 12.1 Å². The Morgan fingerprint density at radius 2 is 1.13 bits per heavy atom. The summed E-state index contributed by atoms with van der Waals surface area (Å²) in [4.78, 5) is 68.6. The van der Waals surface area contributed by atoms with Crippen molar-refractivity contribution in [1.82, 2.24) is 39.8 Å². The molecule has 2 fully saturated rings. The van der Waals surface area contributed by atoms with Gasteiger partial charge in [-0.3, -0.25) is 29.0 Å². The molecule has 4 heterocycles. The van der Waals surface area contributed by atoms with E-state index in [0.29, 0.717) is 71.4 Å². The van der Waals surface area contributed by atoms with Crippen LogP contribution in [0.25, 0.3) is 21.8 Å². The maximum absolute atomic E-state index is 13.9. The van der Waals surface area contributed by atoms with Crippen LogP contribution < -0.4 is 14.8 Å². The molecule has 0 unspecified atom stereocenters. The number of hydrogen-bond donors (Lipinski definition) is 3. The number of carbonyl (C=O) groups excluding carboxylic acids is 4. The summed E-state index contributed by atoms with van der Waals surface area (Å²) < 4.78 is 11.6. The summed E-state index contributed by atoms with van der Waals surface area (Å²) in [6, 6.07) is 25.5. The lowest BCUT2D eigenvalue weighted by molar-refractivity contribution is -0.124. The fourth-order valence-corrected chi connectivity index (χ4v) is 9.50. The number of amides is 3. The number of nitrogens with one attached hydrogen (secondary N) is 3. The number of ketones is 1. The molecule has 0 aliphatic carbocycles. The molecule has 2 saturated heterocycles. The van der Waals surface area contributed by atoms with E-state index in [4.69, 9.17) is 32.7 Å². The third-order valence-electron chi connectivity index (χ3n) is 12.6. The maximum Gasteiger partial charge on any atom is 0.294 e. The second-order valence-corrected chi connectivity index (χ2v) is 19.2. The zero-order valence-electron chi connectivity index (χ0n) is 42.1. The normalized spacial score (nSPS) is 18.4. The zero-order valence-corrected chi connectivity index (χ0v) is 43.6. The summed E-state index contributed by atoms with van der Waals surface area (Å²) in [7, 11) is 6.82. The Hall–Kier alpha value is -5.90. The molecule has 8 rings (SSSR count). The number of Topliss-reactive ketones (excluding diaryl/α,β-unsaturated/α-hetero) is 1. The van der Waals surface area contributed by atoms with E-state index in [-0.39, 0.29) is 41.5 Å². The largest absolute Gasteiger partial charge is 0.493 e. The number of piperazine rings is 2. The Morgan fingerprint density at radius 3 is 1.60 bits per heavy atom. The van der Waals surface area contributed by atoms with Crippen LogP contribution >= 0.6 is 23.2 Å². The van der Waals surface area contributed by atoms with E-state index in [1.165, 1.54) is 30.8 Å². The first-order valence-electron chi connectivity index (χ1n) is 23.9. The number of aromatic nitrogens is 2. The Labute approximate surface area is 422 Å². The minimum absolute atomic E-state index is 0.0308. The number of halogens is 2. The maximum atomic E-state index is 13.9. The van der Waals surface area contributed by atoms with Gasteiger partial charge in [0, 0.05) is 134 Å². The van der Waals surface area contributed by atoms with Crippen LogP contribution in [-0.4, -0.2) is 150 Å². The van der Waals surface area contributed by atoms with Gasteiger partial charge in [-0.1, -0.05) is 47.5 Å². The van der Waals surface area contributed by atoms with Crippen LogP contribution in [0.5, 0.6) is 11.5 Å². The lowest BCUT2D eigenvalue weighted by Crippen LogP contribution is -2.57. The van der Waals surface area contributed by atoms with Gasteiger partial charge >= 0.3 is 0 Å². The van der Waals surface area contributed by atoms with Gasteiger partial charge < -0.3 is 39.5 Å². The van der Waals surface area contributed by atoms with E-state index in [9.17, 15) is 19.2 Å². The summed E-state index contributed by atoms with van der Waals surface area (Å²) >= 11 is 12.3. The van der Waals surface area contributed by atoms with Crippen molar-refractivity contribution in [2.24, 2.45) is 0 Å². The standard InChI is InChI=1S/C28H33ClN4O4.C24H28ClN3O2.C2H7N/c1-6-37-25-12-24-21(23(13-30-24)26(34)28(36)31(4)5)11-22(25)27(35)33-15-17(2)32(14-18(33)3)16-19-8-7-9-20(29)10-19;1-4-30-23-12-22-19(8-9-26-22)11-21(23)24(29)28-14-16(2)27(13-17(28)3)15-18-6-5-7-20(25)10-18;1-3-2/h7-13,17-18,30H,6,14-16H2,1-5H3;5-12,16-17,26H,4,13-15H2,1-3H3;3H,1-2H3/t17-,18+;16-,17+;/m00./s1. The smallest absolute Gasteiger partial charge is 0.294 e. The summed E-state index contributed by atoms with van der Waals surface area (Å²) in [5, 5.41) is 5.75. The molecule has 0 spiro atoms. The molecule has 2 aromatic heterocycles. The molecule has 0 bridgehead atoms. The number of ether oxygens (including phenoxy) is 2. The van der Waals surface area contributed by atoms with Crippen LogP contribution in [0, 0.1) is 0 Å². The highest BCUT2D eigenvalue weighted by molar-refractivity contribution is 6.44. The van der Waals surface area contributed by atoms with Crippen LogP contribution in [0.15, 0.2) is 91.3 Å². The molecule has 4 aromatic carbocycles. The number of H-pyrrole nitrogens is 2. The van der Waals surface area contributed by atoms with E-state index >= 15 is 0 Å². The lowest BCUT2D eigenvalue weighted by Gasteiger charge is -2.44. The van der Waals surface area contributed by atoms with Gasteiger partial charge in [-0.05, 0) is 109 Å². The Kier molecular flexibility index (Phi) is 18.5. The van der Waals surface area contributed by atoms with E-state index in [1.807, 2.05) is 105 Å². The second-order valence-electron chi connectivity index (χ2n) is 18.3. The highest BCUT2D eigenvalue weighted by Gasteiger charge is 2.36. The molecule has 14 nitrogen and oxygen atoms in total. The molecule has 70 heavy (non-hydrogen) atoms. The quantitative estimate of drug-likeness (QED) is 0.0808. The third-order valence-corrected chi connectivity index (χ3v) is 13.1. The number of aromatic amines is 2. The van der Waals surface area contributed by atoms with E-state index in [0.717, 1.165) is 41.1 Å². The fourth-order valence-electron chi connectivity index (χ4n) is 9.07. The number of carbonyl (C=O) groups is 4. The van der Waals surface area contributed by atoms with E-state index < -0.39 is 11.7 Å². The van der Waals surface area contributed by atoms with Gasteiger partial charge in [-0.2, -0.15) is 0 Å². The SMILES string of the molecule is CCOc1cc2[nH]cc(C(=O)C(=O)N(C)C)c2cc1C(=O)N1C[C@H](C)N(Cc2cccc(Cl)c2)C[C@H]1C.CCOc1cc2[nH]ccc2cc1C(=O)N1C[C@H](C)N(Cc2cccc(Cl)c2)C[C@H]1C.CNC. The highest BCUT2D eigenvalue weighted by Crippen LogP contribution is 2.33. The zero-order chi connectivity index (χ0) is 50.8. The molecular formula is C54H68Cl2N8O6. The van der Waals surface area contributed by atoms with Crippen molar-refractivity contribution in [2.45, 2.75) is 78.8 Å². The predicted octanol–water partition coefficient (Wildman–Crippen LogP) is 9.02. The van der Waals surface area contributed by atoms with Gasteiger partial charge in [0.1, 0.15) is 11.5 Å². The van der Waals surface area contributed by atoms with Crippen LogP contribution in [0.4, 0.5) is 0 Å². The number of benzene rings is 4. The minimum Gasteiger partial charge on any atom is -0.493 e. The van der Waals surface area contributed by atoms with Crippen molar-refractivity contribution in [3.8, 4) is 11.5 Å². The van der Waals surface area contributed by atoms with Gasteiger partial charge in [0.2, 0.25) is 0 Å². The first kappa shape index (κ1) is 53.5. The summed E-state index contributed by atoms with van der Waals surface area (Å²) in [6.45, 7) is 17.5. The number of rotatable bonds is 12. The molecule has 4 atom stereocenters. The van der Waals surface area contributed by atoms with Crippen LogP contribution in [0.1, 0.15) is 83.7 Å². The van der Waals surface area contributed by atoms with E-state index in [2.05, 4.69) is 58.0 Å². The molecule has 6 aromatic rings. The predicted molar refractivity (Wildman–Crippen MR) is 281 cm³/mol. The van der Waals surface area contributed by atoms with Gasteiger partial charge in [0.05, 0.1) is 29.9 Å². The van der Waals surface area contributed by atoms with Crippen molar-refractivity contribution < 1.29 is 28.7 Å². The molecule has 2 aliphatic heterocycles. The van der Waals surface area contributed by atoms with Gasteiger partial charge in [-0.15, -0.1) is 0 Å². The molecular weight excluding hydrogens is 928 g/mol. The van der Waals surface area contributed by atoms with Crippen molar-refractivity contribution in [1.29, 1.82) is 0 Å². The second kappa shape index (κ2) is 24.3. The first-order valence-corrected chi connectivity index (χ1v) is 24.7. The Balaban J connectivity index is 0.000000221. The van der Waals surface area contributed by atoms with Gasteiger partial charge in [-0.25, -0.2) is 0 Å². The van der Waals surface area contributed by atoms with Crippen LogP contribution in [-0.2, 0) is 17.9 Å². The molecule has 3 amide bonds.